The lowest BCUT2D eigenvalue weighted by molar-refractivity contribution is -0.121. The van der Waals surface area contributed by atoms with Crippen LogP contribution in [-0.2, 0) is 21.2 Å². The van der Waals surface area contributed by atoms with Gasteiger partial charge in [0.15, 0.2) is 0 Å². The molecule has 0 radical (unpaired) electrons. The Morgan fingerprint density at radius 3 is 2.38 bits per heavy atom. The van der Waals surface area contributed by atoms with E-state index in [1.807, 2.05) is 13.8 Å². The van der Waals surface area contributed by atoms with Crippen LogP contribution in [0.3, 0.4) is 0 Å². The number of carbonyl (C=O) groups excluding carboxylic acids is 1. The summed E-state index contributed by atoms with van der Waals surface area (Å²) < 4.78 is 26.8. The second-order valence-electron chi connectivity index (χ2n) is 6.45. The summed E-state index contributed by atoms with van der Waals surface area (Å²) >= 11 is 0. The SMILES string of the molecule is CCCCCNC(=O)CCc1ccc(S(=O)(=O)NCC(C)C)cc1. The van der Waals surface area contributed by atoms with Crippen molar-refractivity contribution >= 4 is 15.9 Å². The third-order valence-corrected chi connectivity index (χ3v) is 5.10. The lowest BCUT2D eigenvalue weighted by Crippen LogP contribution is -2.27. The molecule has 0 unspecified atom stereocenters. The number of rotatable bonds is 11. The van der Waals surface area contributed by atoms with Crippen molar-refractivity contribution < 1.29 is 13.2 Å². The molecule has 0 saturated heterocycles. The minimum atomic E-state index is -3.45. The number of nitrogens with one attached hydrogen (secondary N) is 2. The van der Waals surface area contributed by atoms with Crippen molar-refractivity contribution in [1.82, 2.24) is 10.0 Å². The fourth-order valence-electron chi connectivity index (χ4n) is 2.14. The molecule has 0 bridgehead atoms. The fourth-order valence-corrected chi connectivity index (χ4v) is 3.36. The van der Waals surface area contributed by atoms with Gasteiger partial charge in [-0.2, -0.15) is 0 Å². The molecule has 1 aromatic carbocycles. The van der Waals surface area contributed by atoms with Crippen molar-refractivity contribution in [2.24, 2.45) is 5.92 Å². The molecule has 0 spiro atoms. The van der Waals surface area contributed by atoms with Gasteiger partial charge in [-0.25, -0.2) is 13.1 Å². The van der Waals surface area contributed by atoms with E-state index in [1.54, 1.807) is 24.3 Å². The molecule has 0 heterocycles. The van der Waals surface area contributed by atoms with E-state index in [0.29, 0.717) is 19.4 Å². The molecular weight excluding hydrogens is 324 g/mol. The van der Waals surface area contributed by atoms with E-state index in [1.165, 1.54) is 0 Å². The summed E-state index contributed by atoms with van der Waals surface area (Å²) in [4.78, 5) is 12.0. The number of unbranched alkanes of at least 4 members (excludes halogenated alkanes) is 2. The molecule has 1 rings (SSSR count). The average Bonchev–Trinajstić information content (AvgIpc) is 2.55. The van der Waals surface area contributed by atoms with Gasteiger partial charge in [-0.15, -0.1) is 0 Å². The number of benzene rings is 1. The molecule has 0 saturated carbocycles. The van der Waals surface area contributed by atoms with Gasteiger partial charge in [0.2, 0.25) is 15.9 Å². The third-order valence-electron chi connectivity index (χ3n) is 3.66. The van der Waals surface area contributed by atoms with Gasteiger partial charge in [0.25, 0.3) is 0 Å². The van der Waals surface area contributed by atoms with E-state index in [9.17, 15) is 13.2 Å². The summed E-state index contributed by atoms with van der Waals surface area (Å²) in [6.07, 6.45) is 4.31. The quantitative estimate of drug-likeness (QED) is 0.600. The summed E-state index contributed by atoms with van der Waals surface area (Å²) in [5.41, 5.74) is 0.960. The van der Waals surface area contributed by atoms with Crippen LogP contribution in [-0.4, -0.2) is 27.4 Å². The lowest BCUT2D eigenvalue weighted by atomic mass is 10.1. The molecule has 136 valence electrons. The zero-order chi connectivity index (χ0) is 18.0. The predicted octanol–water partition coefficient (Wildman–Crippen LogP) is 2.86. The molecule has 0 aromatic heterocycles. The van der Waals surface area contributed by atoms with E-state index >= 15 is 0 Å². The highest BCUT2D eigenvalue weighted by molar-refractivity contribution is 7.89. The first-order valence-corrected chi connectivity index (χ1v) is 10.2. The maximum atomic E-state index is 12.1. The number of aryl methyl sites for hydroxylation is 1. The van der Waals surface area contributed by atoms with Crippen molar-refractivity contribution in [2.45, 2.75) is 57.8 Å². The second kappa shape index (κ2) is 10.5. The standard InChI is InChI=1S/C18H30N2O3S/c1-4-5-6-13-19-18(21)12-9-16-7-10-17(11-8-16)24(22,23)20-14-15(2)3/h7-8,10-11,15,20H,4-6,9,12-14H2,1-3H3,(H,19,21). The smallest absolute Gasteiger partial charge is 0.240 e. The van der Waals surface area contributed by atoms with E-state index in [0.717, 1.165) is 31.4 Å². The van der Waals surface area contributed by atoms with Gasteiger partial charge < -0.3 is 5.32 Å². The van der Waals surface area contributed by atoms with E-state index in [4.69, 9.17) is 0 Å². The summed E-state index contributed by atoms with van der Waals surface area (Å²) in [5.74, 6) is 0.302. The Labute approximate surface area is 146 Å². The lowest BCUT2D eigenvalue weighted by Gasteiger charge is -2.09. The van der Waals surface area contributed by atoms with Crippen molar-refractivity contribution in [2.75, 3.05) is 13.1 Å². The Bertz CT molecular complexity index is 595. The maximum Gasteiger partial charge on any atom is 0.240 e. The van der Waals surface area contributed by atoms with Gasteiger partial charge in [0, 0.05) is 19.5 Å². The van der Waals surface area contributed by atoms with Crippen LogP contribution < -0.4 is 10.0 Å². The Kier molecular flexibility index (Phi) is 9.00. The molecule has 0 aliphatic carbocycles. The molecular formula is C18H30N2O3S. The van der Waals surface area contributed by atoms with Crippen LogP contribution in [0, 0.1) is 5.92 Å². The maximum absolute atomic E-state index is 12.1. The number of sulfonamides is 1. The van der Waals surface area contributed by atoms with Crippen LogP contribution in [0.4, 0.5) is 0 Å². The molecule has 6 heteroatoms. The van der Waals surface area contributed by atoms with E-state index < -0.39 is 10.0 Å². The fraction of sp³-hybridized carbons (Fsp3) is 0.611. The first-order chi connectivity index (χ1) is 11.3. The Morgan fingerprint density at radius 1 is 1.12 bits per heavy atom. The van der Waals surface area contributed by atoms with Gasteiger partial charge in [-0.1, -0.05) is 45.7 Å². The molecule has 2 N–H and O–H groups in total. The predicted molar refractivity (Wildman–Crippen MR) is 97.3 cm³/mol. The number of hydrogen-bond donors (Lipinski definition) is 2. The van der Waals surface area contributed by atoms with Crippen LogP contribution in [0.25, 0.3) is 0 Å². The molecule has 1 amide bonds. The Morgan fingerprint density at radius 2 is 1.79 bits per heavy atom. The van der Waals surface area contributed by atoms with Gasteiger partial charge in [0.05, 0.1) is 4.90 Å². The molecule has 0 fully saturated rings. The molecule has 0 atom stereocenters. The Hall–Kier alpha value is -1.40. The molecule has 24 heavy (non-hydrogen) atoms. The van der Waals surface area contributed by atoms with Crippen molar-refractivity contribution in [3.63, 3.8) is 0 Å². The number of amides is 1. The Balaban J connectivity index is 2.46. The van der Waals surface area contributed by atoms with Crippen molar-refractivity contribution in [1.29, 1.82) is 0 Å². The highest BCUT2D eigenvalue weighted by Crippen LogP contribution is 2.12. The number of hydrogen-bond acceptors (Lipinski definition) is 3. The van der Waals surface area contributed by atoms with Crippen LogP contribution in [0.15, 0.2) is 29.2 Å². The monoisotopic (exact) mass is 354 g/mol. The first-order valence-electron chi connectivity index (χ1n) is 8.70. The van der Waals surface area contributed by atoms with E-state index in [-0.39, 0.29) is 16.7 Å². The van der Waals surface area contributed by atoms with Crippen molar-refractivity contribution in [3.8, 4) is 0 Å². The van der Waals surface area contributed by atoms with Gasteiger partial charge in [-0.3, -0.25) is 4.79 Å². The topological polar surface area (TPSA) is 75.3 Å². The van der Waals surface area contributed by atoms with Gasteiger partial charge in [-0.05, 0) is 36.5 Å². The highest BCUT2D eigenvalue weighted by atomic mass is 32.2. The number of carbonyl (C=O) groups is 1. The van der Waals surface area contributed by atoms with Crippen LogP contribution >= 0.6 is 0 Å². The molecule has 0 aliphatic rings. The summed E-state index contributed by atoms with van der Waals surface area (Å²) in [6.45, 7) is 7.19. The largest absolute Gasteiger partial charge is 0.356 e. The van der Waals surface area contributed by atoms with E-state index in [2.05, 4.69) is 17.0 Å². The van der Waals surface area contributed by atoms with Crippen LogP contribution in [0.2, 0.25) is 0 Å². The zero-order valence-corrected chi connectivity index (χ0v) is 15.8. The minimum Gasteiger partial charge on any atom is -0.356 e. The molecule has 5 nitrogen and oxygen atoms in total. The highest BCUT2D eigenvalue weighted by Gasteiger charge is 2.14. The summed E-state index contributed by atoms with van der Waals surface area (Å²) in [5, 5.41) is 2.91. The van der Waals surface area contributed by atoms with Gasteiger partial charge in [0.1, 0.15) is 0 Å². The first kappa shape index (κ1) is 20.6. The van der Waals surface area contributed by atoms with Gasteiger partial charge >= 0.3 is 0 Å². The molecule has 0 aliphatic heterocycles. The normalized spacial score (nSPS) is 11.7. The average molecular weight is 355 g/mol. The summed E-state index contributed by atoms with van der Waals surface area (Å²) in [6, 6.07) is 6.73. The summed E-state index contributed by atoms with van der Waals surface area (Å²) in [7, 11) is -3.45. The minimum absolute atomic E-state index is 0.0430. The van der Waals surface area contributed by atoms with Crippen molar-refractivity contribution in [3.05, 3.63) is 29.8 Å². The zero-order valence-electron chi connectivity index (χ0n) is 15.0. The third kappa shape index (κ3) is 7.93. The van der Waals surface area contributed by atoms with Crippen LogP contribution in [0.1, 0.15) is 52.0 Å². The molecule has 1 aromatic rings. The second-order valence-corrected chi connectivity index (χ2v) is 8.21. The van der Waals surface area contributed by atoms with Crippen LogP contribution in [0.5, 0.6) is 0 Å².